The summed E-state index contributed by atoms with van der Waals surface area (Å²) in [4.78, 5) is 3.23. The van der Waals surface area contributed by atoms with Crippen LogP contribution in [0.3, 0.4) is 0 Å². The Bertz CT molecular complexity index is 1040. The Morgan fingerprint density at radius 3 is 2.67 bits per heavy atom. The number of phenols is 1. The number of hydrogen-bond donors (Lipinski definition) is 1. The molecule has 1 atom stereocenters. The Labute approximate surface area is 180 Å². The van der Waals surface area contributed by atoms with Gasteiger partial charge in [0, 0.05) is 22.3 Å². The van der Waals surface area contributed by atoms with Crippen molar-refractivity contribution in [3.63, 3.8) is 0 Å². The molecule has 1 heterocycles. The Morgan fingerprint density at radius 1 is 1.07 bits per heavy atom. The van der Waals surface area contributed by atoms with E-state index in [9.17, 15) is 9.50 Å². The molecule has 0 bridgehead atoms. The lowest BCUT2D eigenvalue weighted by Gasteiger charge is -2.26. The van der Waals surface area contributed by atoms with Gasteiger partial charge in [-0.2, -0.15) is 0 Å². The van der Waals surface area contributed by atoms with Crippen molar-refractivity contribution in [3.05, 3.63) is 77.6 Å². The van der Waals surface area contributed by atoms with Crippen LogP contribution in [0.15, 0.2) is 65.6 Å². The molecular weight excluding hydrogens is 401 g/mol. The number of ether oxygens (including phenoxy) is 2. The molecule has 1 unspecified atom stereocenters. The average Bonchev–Trinajstić information content (AvgIpc) is 2.94. The van der Waals surface area contributed by atoms with E-state index in [-0.39, 0.29) is 16.8 Å². The predicted molar refractivity (Wildman–Crippen MR) is 118 cm³/mol. The minimum atomic E-state index is -0.185. The molecule has 1 aliphatic rings. The van der Waals surface area contributed by atoms with Gasteiger partial charge in [0.2, 0.25) is 0 Å². The molecule has 156 valence electrons. The van der Waals surface area contributed by atoms with Gasteiger partial charge < -0.3 is 19.5 Å². The van der Waals surface area contributed by atoms with Crippen molar-refractivity contribution in [1.29, 1.82) is 0 Å². The highest BCUT2D eigenvalue weighted by Gasteiger charge is 2.26. The third kappa shape index (κ3) is 4.05. The number of nitrogens with zero attached hydrogens (tertiary/aromatic N) is 1. The van der Waals surface area contributed by atoms with E-state index >= 15 is 0 Å². The number of methoxy groups -OCH3 is 2. The number of thioether (sulfide) groups is 1. The second kappa shape index (κ2) is 8.88. The van der Waals surface area contributed by atoms with Crippen molar-refractivity contribution in [2.45, 2.75) is 23.1 Å². The monoisotopic (exact) mass is 425 g/mol. The number of aromatic hydroxyl groups is 1. The predicted octanol–water partition coefficient (Wildman–Crippen LogP) is 5.79. The summed E-state index contributed by atoms with van der Waals surface area (Å²) in [6, 6.07) is 18.2. The van der Waals surface area contributed by atoms with Gasteiger partial charge in [-0.25, -0.2) is 4.39 Å². The number of rotatable bonds is 5. The van der Waals surface area contributed by atoms with Crippen LogP contribution >= 0.6 is 11.8 Å². The van der Waals surface area contributed by atoms with Gasteiger partial charge in [0.05, 0.1) is 32.0 Å². The number of benzene rings is 3. The third-order valence-electron chi connectivity index (χ3n) is 5.37. The first kappa shape index (κ1) is 20.4. The van der Waals surface area contributed by atoms with Crippen LogP contribution in [0.1, 0.15) is 22.8 Å². The largest absolute Gasteiger partial charge is 0.507 e. The average molecular weight is 426 g/mol. The molecule has 6 heteroatoms. The van der Waals surface area contributed by atoms with E-state index in [2.05, 4.69) is 4.90 Å². The zero-order valence-electron chi connectivity index (χ0n) is 17.0. The van der Waals surface area contributed by atoms with Crippen LogP contribution < -0.4 is 14.4 Å². The molecule has 4 rings (SSSR count). The number of anilines is 1. The maximum Gasteiger partial charge on any atom is 0.127 e. The van der Waals surface area contributed by atoms with Crippen molar-refractivity contribution in [2.75, 3.05) is 25.7 Å². The summed E-state index contributed by atoms with van der Waals surface area (Å²) < 4.78 is 25.4. The van der Waals surface area contributed by atoms with Crippen LogP contribution in [0.25, 0.3) is 0 Å². The fourth-order valence-electron chi connectivity index (χ4n) is 3.80. The standard InChI is InChI=1S/C24H24FNO3S/c1-28-16-10-11-20-24(14-16)30-23(17-6-3-4-7-19(17)25)12-13-26(20)15-18-21(27)8-5-9-22(18)29-2/h3-11,14,23,27H,12-13,15H2,1-2H3. The molecule has 30 heavy (non-hydrogen) atoms. The SMILES string of the molecule is COc1ccc2c(c1)SC(c1ccccc1F)CCN2Cc1c(O)cccc1OC. The molecule has 0 saturated heterocycles. The Morgan fingerprint density at radius 2 is 1.90 bits per heavy atom. The number of halogens is 1. The molecule has 0 aromatic heterocycles. The first-order valence-electron chi connectivity index (χ1n) is 9.79. The van der Waals surface area contributed by atoms with Crippen LogP contribution in [0.5, 0.6) is 17.2 Å². The van der Waals surface area contributed by atoms with Gasteiger partial charge in [-0.05, 0) is 42.8 Å². The lowest BCUT2D eigenvalue weighted by Crippen LogP contribution is -2.24. The third-order valence-corrected chi connectivity index (χ3v) is 6.72. The number of phenolic OH excluding ortho intramolecular Hbond substituents is 1. The molecule has 0 spiro atoms. The quantitative estimate of drug-likeness (QED) is 0.560. The number of hydrogen-bond acceptors (Lipinski definition) is 5. The second-order valence-corrected chi connectivity index (χ2v) is 8.37. The van der Waals surface area contributed by atoms with Gasteiger partial charge in [-0.3, -0.25) is 0 Å². The summed E-state index contributed by atoms with van der Waals surface area (Å²) in [5.41, 5.74) is 2.47. The highest BCUT2D eigenvalue weighted by molar-refractivity contribution is 7.99. The lowest BCUT2D eigenvalue weighted by atomic mass is 10.1. The Balaban J connectivity index is 1.73. The van der Waals surface area contributed by atoms with E-state index < -0.39 is 0 Å². The molecule has 0 fully saturated rings. The van der Waals surface area contributed by atoms with Crippen LogP contribution in [0, 0.1) is 5.82 Å². The van der Waals surface area contributed by atoms with Crippen molar-refractivity contribution >= 4 is 17.4 Å². The smallest absolute Gasteiger partial charge is 0.127 e. The van der Waals surface area contributed by atoms with Crippen LogP contribution in [0.2, 0.25) is 0 Å². The molecule has 1 N–H and O–H groups in total. The summed E-state index contributed by atoms with van der Waals surface area (Å²) in [7, 11) is 3.24. The van der Waals surface area contributed by atoms with E-state index in [0.29, 0.717) is 24.4 Å². The molecule has 3 aromatic rings. The zero-order valence-corrected chi connectivity index (χ0v) is 17.8. The highest BCUT2D eigenvalue weighted by atomic mass is 32.2. The number of fused-ring (bicyclic) bond motifs is 1. The molecule has 4 nitrogen and oxygen atoms in total. The fraction of sp³-hybridized carbons (Fsp3) is 0.250. The fourth-order valence-corrected chi connectivity index (χ4v) is 5.15. The summed E-state index contributed by atoms with van der Waals surface area (Å²) in [6.45, 7) is 1.20. The van der Waals surface area contributed by atoms with E-state index in [1.165, 1.54) is 6.07 Å². The van der Waals surface area contributed by atoms with Gasteiger partial charge in [0.1, 0.15) is 23.1 Å². The molecule has 0 saturated carbocycles. The van der Waals surface area contributed by atoms with Gasteiger partial charge >= 0.3 is 0 Å². The molecule has 0 aliphatic carbocycles. The first-order chi connectivity index (χ1) is 14.6. The molecule has 0 radical (unpaired) electrons. The van der Waals surface area contributed by atoms with Gasteiger partial charge in [-0.1, -0.05) is 24.3 Å². The van der Waals surface area contributed by atoms with Crippen molar-refractivity contribution in [2.24, 2.45) is 0 Å². The topological polar surface area (TPSA) is 41.9 Å². The summed E-state index contributed by atoms with van der Waals surface area (Å²) >= 11 is 1.65. The van der Waals surface area contributed by atoms with E-state index in [0.717, 1.165) is 28.3 Å². The molecule has 3 aromatic carbocycles. The van der Waals surface area contributed by atoms with E-state index in [4.69, 9.17) is 9.47 Å². The van der Waals surface area contributed by atoms with Gasteiger partial charge in [0.25, 0.3) is 0 Å². The van der Waals surface area contributed by atoms with Crippen LogP contribution in [-0.4, -0.2) is 25.9 Å². The zero-order chi connectivity index (χ0) is 21.1. The summed E-state index contributed by atoms with van der Waals surface area (Å²) in [5.74, 6) is 1.42. The Kier molecular flexibility index (Phi) is 6.04. The second-order valence-electron chi connectivity index (χ2n) is 7.13. The van der Waals surface area contributed by atoms with E-state index in [1.807, 2.05) is 36.4 Å². The maximum absolute atomic E-state index is 14.5. The summed E-state index contributed by atoms with van der Waals surface area (Å²) in [6.07, 6.45) is 0.762. The van der Waals surface area contributed by atoms with Crippen molar-refractivity contribution in [3.8, 4) is 17.2 Å². The summed E-state index contributed by atoms with van der Waals surface area (Å²) in [5, 5.41) is 10.4. The molecular formula is C24H24FNO3S. The minimum absolute atomic E-state index is 0.0201. The maximum atomic E-state index is 14.5. The van der Waals surface area contributed by atoms with Crippen molar-refractivity contribution < 1.29 is 19.0 Å². The molecule has 1 aliphatic heterocycles. The first-order valence-corrected chi connectivity index (χ1v) is 10.7. The minimum Gasteiger partial charge on any atom is -0.507 e. The highest BCUT2D eigenvalue weighted by Crippen LogP contribution is 2.47. The molecule has 0 amide bonds. The van der Waals surface area contributed by atoms with Gasteiger partial charge in [0.15, 0.2) is 0 Å². The normalized spacial score (nSPS) is 16.0. The van der Waals surface area contributed by atoms with Gasteiger partial charge in [-0.15, -0.1) is 11.8 Å². The van der Waals surface area contributed by atoms with Crippen LogP contribution in [0.4, 0.5) is 10.1 Å². The lowest BCUT2D eigenvalue weighted by molar-refractivity contribution is 0.398. The van der Waals surface area contributed by atoms with E-state index in [1.54, 1.807) is 44.2 Å². The van der Waals surface area contributed by atoms with Crippen molar-refractivity contribution in [1.82, 2.24) is 0 Å². The van der Waals surface area contributed by atoms with Crippen LogP contribution in [-0.2, 0) is 6.54 Å². The Hall–Kier alpha value is -2.86.